The predicted molar refractivity (Wildman–Crippen MR) is 101 cm³/mol. The average molecular weight is 350 g/mol. The van der Waals surface area contributed by atoms with Crippen molar-refractivity contribution in [2.75, 3.05) is 11.9 Å². The topological polar surface area (TPSA) is 68.5 Å². The third-order valence-corrected chi connectivity index (χ3v) is 3.82. The Bertz CT molecular complexity index is 900. The Hall–Kier alpha value is -3.15. The summed E-state index contributed by atoms with van der Waals surface area (Å²) in [4.78, 5) is 16.2. The number of anilines is 1. The van der Waals surface area contributed by atoms with Crippen molar-refractivity contribution in [3.05, 3.63) is 71.8 Å². The molecule has 1 heterocycles. The highest BCUT2D eigenvalue weighted by atomic mass is 16.5. The number of nitrogens with zero attached hydrogens (tertiary/aromatic N) is 3. The van der Waals surface area contributed by atoms with Crippen molar-refractivity contribution in [3.63, 3.8) is 0 Å². The van der Waals surface area contributed by atoms with Crippen LogP contribution in [0.2, 0.25) is 0 Å². The number of ether oxygens (including phenoxy) is 1. The molecular weight excluding hydrogens is 328 g/mol. The van der Waals surface area contributed by atoms with E-state index in [0.717, 1.165) is 12.0 Å². The molecule has 3 rings (SSSR count). The maximum atomic E-state index is 12.2. The van der Waals surface area contributed by atoms with Crippen LogP contribution in [0.5, 0.6) is 5.88 Å². The molecule has 1 N–H and O–H groups in total. The summed E-state index contributed by atoms with van der Waals surface area (Å²) in [5.74, 6) is 0.568. The highest BCUT2D eigenvalue weighted by molar-refractivity contribution is 5.90. The Morgan fingerprint density at radius 1 is 1.35 bits per heavy atom. The number of aromatic nitrogens is 2. The first kappa shape index (κ1) is 17.7. The molecule has 0 saturated carbocycles. The lowest BCUT2D eigenvalue weighted by Gasteiger charge is -2.18. The molecule has 6 heteroatoms. The number of hydrogen-bond acceptors (Lipinski definition) is 3. The SMILES string of the molecule is CCOc1cc(=NC(=O)Nc2cccc(C)c2)cnn1C1C=CCC=C1. The van der Waals surface area contributed by atoms with Gasteiger partial charge in [0.05, 0.1) is 24.2 Å². The summed E-state index contributed by atoms with van der Waals surface area (Å²) in [5.41, 5.74) is 1.78. The van der Waals surface area contributed by atoms with Crippen LogP contribution in [0.1, 0.15) is 24.9 Å². The fourth-order valence-electron chi connectivity index (χ4n) is 2.68. The zero-order valence-corrected chi connectivity index (χ0v) is 14.9. The van der Waals surface area contributed by atoms with Crippen molar-refractivity contribution < 1.29 is 9.53 Å². The molecule has 2 aromatic rings. The van der Waals surface area contributed by atoms with Crippen LogP contribution in [0.4, 0.5) is 10.5 Å². The maximum absolute atomic E-state index is 12.2. The molecule has 1 aliphatic carbocycles. The highest BCUT2D eigenvalue weighted by Gasteiger charge is 2.11. The number of benzene rings is 1. The van der Waals surface area contributed by atoms with Gasteiger partial charge in [0.15, 0.2) is 0 Å². The van der Waals surface area contributed by atoms with Gasteiger partial charge in [-0.3, -0.25) is 0 Å². The third-order valence-electron chi connectivity index (χ3n) is 3.82. The second-order valence-corrected chi connectivity index (χ2v) is 5.92. The number of carbonyl (C=O) groups is 1. The lowest BCUT2D eigenvalue weighted by molar-refractivity contribution is 0.259. The van der Waals surface area contributed by atoms with E-state index in [1.807, 2.05) is 38.1 Å². The molecule has 0 spiro atoms. The molecule has 26 heavy (non-hydrogen) atoms. The highest BCUT2D eigenvalue weighted by Crippen LogP contribution is 2.20. The zero-order valence-electron chi connectivity index (χ0n) is 14.9. The Morgan fingerprint density at radius 2 is 2.15 bits per heavy atom. The first-order chi connectivity index (χ1) is 12.7. The van der Waals surface area contributed by atoms with Gasteiger partial charge in [0.1, 0.15) is 0 Å². The van der Waals surface area contributed by atoms with E-state index in [1.54, 1.807) is 16.9 Å². The standard InChI is InChI=1S/C20H22N4O2/c1-3-26-19-13-17(14-21-24(19)18-10-5-4-6-11-18)23-20(25)22-16-9-7-8-15(2)12-16/h5-14,18H,3-4H2,1-2H3,(H,22,25). The van der Waals surface area contributed by atoms with Gasteiger partial charge in [-0.25, -0.2) is 9.48 Å². The van der Waals surface area contributed by atoms with Crippen LogP contribution in [0, 0.1) is 6.92 Å². The van der Waals surface area contributed by atoms with Crippen LogP contribution in [0.3, 0.4) is 0 Å². The Balaban J connectivity index is 1.85. The molecule has 0 aliphatic heterocycles. The first-order valence-corrected chi connectivity index (χ1v) is 8.63. The summed E-state index contributed by atoms with van der Waals surface area (Å²) in [6.07, 6.45) is 10.8. The van der Waals surface area contributed by atoms with Crippen LogP contribution in [0.25, 0.3) is 0 Å². The number of urea groups is 1. The minimum Gasteiger partial charge on any atom is -0.478 e. The lowest BCUT2D eigenvalue weighted by Crippen LogP contribution is -2.20. The summed E-state index contributed by atoms with van der Waals surface area (Å²) in [6.45, 7) is 4.38. The Morgan fingerprint density at radius 3 is 2.88 bits per heavy atom. The molecule has 0 atom stereocenters. The number of hydrogen-bond donors (Lipinski definition) is 1. The minimum atomic E-state index is -0.449. The van der Waals surface area contributed by atoms with E-state index in [0.29, 0.717) is 23.5 Å². The Labute approximate surface area is 152 Å². The molecule has 1 aromatic heterocycles. The third kappa shape index (κ3) is 4.47. The monoisotopic (exact) mass is 350 g/mol. The van der Waals surface area contributed by atoms with Gasteiger partial charge in [-0.15, -0.1) is 0 Å². The largest absolute Gasteiger partial charge is 0.478 e. The molecule has 0 fully saturated rings. The number of allylic oxidation sites excluding steroid dienone is 4. The van der Waals surface area contributed by atoms with E-state index in [-0.39, 0.29) is 6.04 Å². The van der Waals surface area contributed by atoms with Crippen molar-refractivity contribution in [2.45, 2.75) is 26.3 Å². The van der Waals surface area contributed by atoms with Crippen LogP contribution in [-0.4, -0.2) is 22.4 Å². The average Bonchev–Trinajstić information content (AvgIpc) is 2.63. The van der Waals surface area contributed by atoms with Crippen LogP contribution >= 0.6 is 0 Å². The molecule has 1 aromatic carbocycles. The van der Waals surface area contributed by atoms with Gasteiger partial charge in [-0.05, 0) is 38.0 Å². The zero-order chi connectivity index (χ0) is 18.4. The number of aryl methyl sites for hydroxylation is 1. The molecule has 1 aliphatic rings. The molecular formula is C20H22N4O2. The summed E-state index contributed by atoms with van der Waals surface area (Å²) in [6, 6.07) is 8.84. The van der Waals surface area contributed by atoms with E-state index in [4.69, 9.17) is 4.74 Å². The van der Waals surface area contributed by atoms with Crippen LogP contribution < -0.4 is 15.4 Å². The van der Waals surface area contributed by atoms with Crippen molar-refractivity contribution in [2.24, 2.45) is 4.99 Å². The first-order valence-electron chi connectivity index (χ1n) is 8.63. The normalized spacial score (nSPS) is 14.5. The fraction of sp³-hybridized carbons (Fsp3) is 0.250. The molecule has 0 bridgehead atoms. The van der Waals surface area contributed by atoms with Gasteiger partial charge in [-0.1, -0.05) is 36.4 Å². The van der Waals surface area contributed by atoms with Gasteiger partial charge in [0, 0.05) is 11.8 Å². The smallest absolute Gasteiger partial charge is 0.345 e. The molecule has 2 amide bonds. The van der Waals surface area contributed by atoms with E-state index in [9.17, 15) is 4.79 Å². The minimum absolute atomic E-state index is 0.000436. The summed E-state index contributed by atoms with van der Waals surface area (Å²) >= 11 is 0. The quantitative estimate of drug-likeness (QED) is 0.853. The molecule has 0 radical (unpaired) electrons. The van der Waals surface area contributed by atoms with E-state index in [1.165, 1.54) is 0 Å². The second-order valence-electron chi connectivity index (χ2n) is 5.92. The van der Waals surface area contributed by atoms with Gasteiger partial charge >= 0.3 is 6.03 Å². The lowest BCUT2D eigenvalue weighted by atomic mass is 10.1. The fourth-order valence-corrected chi connectivity index (χ4v) is 2.68. The van der Waals surface area contributed by atoms with Crippen LogP contribution in [0.15, 0.2) is 65.8 Å². The van der Waals surface area contributed by atoms with Crippen molar-refractivity contribution in [1.29, 1.82) is 0 Å². The van der Waals surface area contributed by atoms with Crippen molar-refractivity contribution in [3.8, 4) is 5.88 Å². The number of rotatable bonds is 4. The maximum Gasteiger partial charge on any atom is 0.345 e. The van der Waals surface area contributed by atoms with Crippen molar-refractivity contribution >= 4 is 11.7 Å². The number of nitrogens with one attached hydrogen (secondary N) is 1. The van der Waals surface area contributed by atoms with Gasteiger partial charge < -0.3 is 10.1 Å². The van der Waals surface area contributed by atoms with Gasteiger partial charge in [0.25, 0.3) is 0 Å². The van der Waals surface area contributed by atoms with Gasteiger partial charge in [0.2, 0.25) is 5.88 Å². The summed E-state index contributed by atoms with van der Waals surface area (Å²) in [7, 11) is 0. The van der Waals surface area contributed by atoms with E-state index < -0.39 is 6.03 Å². The Kier molecular flexibility index (Phi) is 5.63. The van der Waals surface area contributed by atoms with Crippen LogP contribution in [-0.2, 0) is 0 Å². The predicted octanol–water partition coefficient (Wildman–Crippen LogP) is 3.78. The molecule has 0 unspecified atom stereocenters. The molecule has 0 saturated heterocycles. The van der Waals surface area contributed by atoms with E-state index >= 15 is 0 Å². The summed E-state index contributed by atoms with van der Waals surface area (Å²) in [5, 5.41) is 7.61. The van der Waals surface area contributed by atoms with E-state index in [2.05, 4.69) is 39.7 Å². The molecule has 134 valence electrons. The molecule has 6 nitrogen and oxygen atoms in total. The van der Waals surface area contributed by atoms with Gasteiger partial charge in [-0.2, -0.15) is 10.1 Å². The summed E-state index contributed by atoms with van der Waals surface area (Å²) < 4.78 is 7.46. The number of amides is 2. The van der Waals surface area contributed by atoms with Crippen molar-refractivity contribution in [1.82, 2.24) is 9.78 Å². The second kappa shape index (κ2) is 8.29. The number of carbonyl (C=O) groups excluding carboxylic acids is 1.